The van der Waals surface area contributed by atoms with Gasteiger partial charge in [0.25, 0.3) is 0 Å². The lowest BCUT2D eigenvalue weighted by Gasteiger charge is -2.26. The number of aromatic nitrogens is 4. The molecule has 5 rings (SSSR count). The molecule has 154 valence electrons. The minimum absolute atomic E-state index is 0.638. The van der Waals surface area contributed by atoms with Gasteiger partial charge in [-0.1, -0.05) is 42.5 Å². The lowest BCUT2D eigenvalue weighted by atomic mass is 10.2. The van der Waals surface area contributed by atoms with E-state index in [2.05, 4.69) is 27.1 Å². The molecule has 1 saturated heterocycles. The molecule has 0 saturated carbocycles. The zero-order chi connectivity index (χ0) is 20.2. The second-order valence-corrected chi connectivity index (χ2v) is 7.41. The average Bonchev–Trinajstić information content (AvgIpc) is 3.38. The SMILES string of the molecule is c1ccc(Cn2ncc3[nH]c(-c4ccccc4OCCN4CCOCC4)nc32)cc1. The zero-order valence-electron chi connectivity index (χ0n) is 16.8. The van der Waals surface area contributed by atoms with Crippen molar-refractivity contribution in [3.8, 4) is 17.1 Å². The summed E-state index contributed by atoms with van der Waals surface area (Å²) in [5, 5.41) is 4.49. The number of H-pyrrole nitrogens is 1. The number of hydrogen-bond acceptors (Lipinski definition) is 5. The van der Waals surface area contributed by atoms with Gasteiger partial charge < -0.3 is 14.5 Å². The number of imidazole rings is 1. The van der Waals surface area contributed by atoms with Crippen molar-refractivity contribution in [2.45, 2.75) is 6.54 Å². The minimum atomic E-state index is 0.638. The Balaban J connectivity index is 1.34. The molecule has 3 heterocycles. The Bertz CT molecular complexity index is 1100. The molecule has 1 fully saturated rings. The molecule has 1 aliphatic heterocycles. The number of para-hydroxylation sites is 1. The van der Waals surface area contributed by atoms with E-state index in [1.165, 1.54) is 5.56 Å². The third-order valence-electron chi connectivity index (χ3n) is 5.37. The minimum Gasteiger partial charge on any atom is -0.491 e. The fourth-order valence-corrected chi connectivity index (χ4v) is 3.74. The van der Waals surface area contributed by atoms with Crippen LogP contribution in [0.25, 0.3) is 22.6 Å². The van der Waals surface area contributed by atoms with Gasteiger partial charge in [-0.05, 0) is 17.7 Å². The molecular formula is C23H25N5O2. The molecule has 0 aliphatic carbocycles. The Hall–Kier alpha value is -3.16. The average molecular weight is 403 g/mol. The summed E-state index contributed by atoms with van der Waals surface area (Å²) < 4.78 is 13.5. The van der Waals surface area contributed by atoms with E-state index in [0.717, 1.165) is 61.1 Å². The third kappa shape index (κ3) is 4.08. The van der Waals surface area contributed by atoms with E-state index in [-0.39, 0.29) is 0 Å². The lowest BCUT2D eigenvalue weighted by Crippen LogP contribution is -2.38. The number of aromatic amines is 1. The second-order valence-electron chi connectivity index (χ2n) is 7.41. The largest absolute Gasteiger partial charge is 0.491 e. The Labute approximate surface area is 175 Å². The van der Waals surface area contributed by atoms with Crippen LogP contribution in [0.4, 0.5) is 0 Å². The van der Waals surface area contributed by atoms with Gasteiger partial charge in [0.1, 0.15) is 23.7 Å². The molecule has 0 spiro atoms. The summed E-state index contributed by atoms with van der Waals surface area (Å²) in [6.45, 7) is 5.75. The van der Waals surface area contributed by atoms with Gasteiger partial charge in [-0.25, -0.2) is 9.67 Å². The first-order valence-electron chi connectivity index (χ1n) is 10.3. The van der Waals surface area contributed by atoms with Gasteiger partial charge in [-0.15, -0.1) is 0 Å². The van der Waals surface area contributed by atoms with Gasteiger partial charge in [-0.2, -0.15) is 5.10 Å². The monoisotopic (exact) mass is 403 g/mol. The molecule has 30 heavy (non-hydrogen) atoms. The molecule has 0 bridgehead atoms. The summed E-state index contributed by atoms with van der Waals surface area (Å²) in [5.74, 6) is 1.64. The van der Waals surface area contributed by atoms with Crippen molar-refractivity contribution in [3.63, 3.8) is 0 Å². The van der Waals surface area contributed by atoms with Crippen molar-refractivity contribution in [1.29, 1.82) is 0 Å². The van der Waals surface area contributed by atoms with Crippen LogP contribution in [0.3, 0.4) is 0 Å². The van der Waals surface area contributed by atoms with Crippen LogP contribution in [0.5, 0.6) is 5.75 Å². The standard InChI is InChI=1S/C23H25N5O2/c1-2-6-18(7-3-1)17-28-23-20(16-24-28)25-22(26-23)19-8-4-5-9-21(19)30-15-12-27-10-13-29-14-11-27/h1-9,16H,10-15,17H2,(H,25,26). The number of nitrogens with one attached hydrogen (secondary N) is 1. The first kappa shape index (κ1) is 18.8. The molecular weight excluding hydrogens is 378 g/mol. The predicted molar refractivity (Wildman–Crippen MR) is 116 cm³/mol. The highest BCUT2D eigenvalue weighted by atomic mass is 16.5. The highest BCUT2D eigenvalue weighted by molar-refractivity contribution is 5.77. The Morgan fingerprint density at radius 3 is 2.67 bits per heavy atom. The van der Waals surface area contributed by atoms with Crippen LogP contribution in [0.15, 0.2) is 60.8 Å². The van der Waals surface area contributed by atoms with Crippen LogP contribution >= 0.6 is 0 Å². The molecule has 1 aliphatic rings. The van der Waals surface area contributed by atoms with Crippen molar-refractivity contribution < 1.29 is 9.47 Å². The van der Waals surface area contributed by atoms with Crippen LogP contribution in [-0.2, 0) is 11.3 Å². The first-order chi connectivity index (χ1) is 14.9. The van der Waals surface area contributed by atoms with Gasteiger partial charge >= 0.3 is 0 Å². The molecule has 0 radical (unpaired) electrons. The van der Waals surface area contributed by atoms with Crippen molar-refractivity contribution in [3.05, 3.63) is 66.4 Å². The molecule has 2 aromatic heterocycles. The highest BCUT2D eigenvalue weighted by Crippen LogP contribution is 2.29. The van der Waals surface area contributed by atoms with Gasteiger partial charge in [-0.3, -0.25) is 4.90 Å². The van der Waals surface area contributed by atoms with E-state index >= 15 is 0 Å². The van der Waals surface area contributed by atoms with E-state index in [1.54, 1.807) is 0 Å². The van der Waals surface area contributed by atoms with E-state index in [1.807, 2.05) is 53.3 Å². The van der Waals surface area contributed by atoms with Crippen molar-refractivity contribution in [2.24, 2.45) is 0 Å². The number of fused-ring (bicyclic) bond motifs is 1. The van der Waals surface area contributed by atoms with Gasteiger partial charge in [0.05, 0.1) is 31.5 Å². The Morgan fingerprint density at radius 2 is 1.80 bits per heavy atom. The summed E-state index contributed by atoms with van der Waals surface area (Å²) in [7, 11) is 0. The molecule has 7 heteroatoms. The normalized spacial score (nSPS) is 14.9. The maximum atomic E-state index is 6.13. The van der Waals surface area contributed by atoms with E-state index < -0.39 is 0 Å². The van der Waals surface area contributed by atoms with Crippen LogP contribution in [-0.4, -0.2) is 64.1 Å². The van der Waals surface area contributed by atoms with Gasteiger partial charge in [0, 0.05) is 19.6 Å². The number of nitrogens with zero attached hydrogens (tertiary/aromatic N) is 4. The summed E-state index contributed by atoms with van der Waals surface area (Å²) in [4.78, 5) is 10.6. The number of ether oxygens (including phenoxy) is 2. The number of rotatable bonds is 7. The molecule has 1 N–H and O–H groups in total. The first-order valence-corrected chi connectivity index (χ1v) is 10.3. The fraction of sp³-hybridized carbons (Fsp3) is 0.304. The summed E-state index contributed by atoms with van der Waals surface area (Å²) in [6.07, 6.45) is 1.83. The van der Waals surface area contributed by atoms with E-state index in [9.17, 15) is 0 Å². The topological polar surface area (TPSA) is 68.2 Å². The molecule has 0 atom stereocenters. The molecule has 0 amide bonds. The fourth-order valence-electron chi connectivity index (χ4n) is 3.74. The molecule has 4 aromatic rings. The van der Waals surface area contributed by atoms with Crippen molar-refractivity contribution in [1.82, 2.24) is 24.6 Å². The lowest BCUT2D eigenvalue weighted by molar-refractivity contribution is 0.0323. The smallest absolute Gasteiger partial charge is 0.177 e. The van der Waals surface area contributed by atoms with E-state index in [0.29, 0.717) is 13.2 Å². The van der Waals surface area contributed by atoms with Crippen LogP contribution in [0, 0.1) is 0 Å². The van der Waals surface area contributed by atoms with Crippen LogP contribution < -0.4 is 4.74 Å². The van der Waals surface area contributed by atoms with Gasteiger partial charge in [0.15, 0.2) is 5.65 Å². The molecule has 7 nitrogen and oxygen atoms in total. The maximum absolute atomic E-state index is 6.13. The van der Waals surface area contributed by atoms with Crippen molar-refractivity contribution in [2.75, 3.05) is 39.5 Å². The summed E-state index contributed by atoms with van der Waals surface area (Å²) >= 11 is 0. The number of hydrogen-bond donors (Lipinski definition) is 1. The number of morpholine rings is 1. The molecule has 0 unspecified atom stereocenters. The maximum Gasteiger partial charge on any atom is 0.177 e. The zero-order valence-corrected chi connectivity index (χ0v) is 16.8. The second kappa shape index (κ2) is 8.69. The summed E-state index contributed by atoms with van der Waals surface area (Å²) in [5.41, 5.74) is 3.92. The quantitative estimate of drug-likeness (QED) is 0.513. The van der Waals surface area contributed by atoms with E-state index in [4.69, 9.17) is 14.5 Å². The van der Waals surface area contributed by atoms with Crippen LogP contribution in [0.1, 0.15) is 5.56 Å². The Morgan fingerprint density at radius 1 is 1.00 bits per heavy atom. The predicted octanol–water partition coefficient (Wildman–Crippen LogP) is 3.19. The number of benzene rings is 2. The van der Waals surface area contributed by atoms with Crippen LogP contribution in [0.2, 0.25) is 0 Å². The van der Waals surface area contributed by atoms with Gasteiger partial charge in [0.2, 0.25) is 0 Å². The Kier molecular flexibility index (Phi) is 5.46. The van der Waals surface area contributed by atoms with Crippen molar-refractivity contribution >= 4 is 11.2 Å². The third-order valence-corrected chi connectivity index (χ3v) is 5.37. The summed E-state index contributed by atoms with van der Waals surface area (Å²) in [6, 6.07) is 18.3. The highest BCUT2D eigenvalue weighted by Gasteiger charge is 2.15. The molecule has 2 aromatic carbocycles.